The van der Waals surface area contributed by atoms with Crippen LogP contribution < -0.4 is 0 Å². The van der Waals surface area contributed by atoms with E-state index in [4.69, 9.17) is 0 Å². The molecule has 124 valence electrons. The molecule has 3 heteroatoms. The molecular formula is C22H19NOSe. The summed E-state index contributed by atoms with van der Waals surface area (Å²) in [6.45, 7) is 0.340. The molecule has 0 bridgehead atoms. The van der Waals surface area contributed by atoms with Crippen molar-refractivity contribution in [2.75, 3.05) is 13.6 Å². The zero-order valence-corrected chi connectivity index (χ0v) is 15.8. The Morgan fingerprint density at radius 2 is 1.28 bits per heavy atom. The molecule has 2 nitrogen and oxygen atoms in total. The van der Waals surface area contributed by atoms with Crippen LogP contribution in [0.4, 0.5) is 0 Å². The van der Waals surface area contributed by atoms with E-state index in [1.807, 2.05) is 60.5 Å². The summed E-state index contributed by atoms with van der Waals surface area (Å²) in [7, 11) is 1.93. The molecule has 0 atom stereocenters. The predicted molar refractivity (Wildman–Crippen MR) is 105 cm³/mol. The fourth-order valence-electron chi connectivity index (χ4n) is 2.66. The van der Waals surface area contributed by atoms with Crippen LogP contribution in [0, 0.1) is 0 Å². The number of carbonyl (C=O) groups is 1. The van der Waals surface area contributed by atoms with Crippen LogP contribution in [0.3, 0.4) is 0 Å². The van der Waals surface area contributed by atoms with Crippen molar-refractivity contribution in [3.63, 3.8) is 0 Å². The Morgan fingerprint density at radius 3 is 1.88 bits per heavy atom. The Morgan fingerprint density at radius 1 is 0.760 bits per heavy atom. The third kappa shape index (κ3) is 4.33. The van der Waals surface area contributed by atoms with Gasteiger partial charge in [0.25, 0.3) is 0 Å². The second kappa shape index (κ2) is 8.06. The first-order valence-electron chi connectivity index (χ1n) is 8.14. The number of hydrogen-bond acceptors (Lipinski definition) is 2. The molecule has 0 heterocycles. The van der Waals surface area contributed by atoms with Crippen LogP contribution in [0.2, 0.25) is 0 Å². The Bertz CT molecular complexity index is 858. The molecule has 3 aromatic rings. The van der Waals surface area contributed by atoms with E-state index in [1.165, 1.54) is 11.1 Å². The number of hydrogen-bond donors (Lipinski definition) is 0. The summed E-state index contributed by atoms with van der Waals surface area (Å²) in [5.41, 5.74) is 4.19. The van der Waals surface area contributed by atoms with Crippen LogP contribution >= 0.6 is 0 Å². The number of likely N-dealkylation sites (N-methyl/N-ethyl adjacent to an activating group) is 1. The van der Waals surface area contributed by atoms with Crippen molar-refractivity contribution >= 4 is 25.9 Å². The van der Waals surface area contributed by atoms with Gasteiger partial charge in [0.05, 0.1) is 0 Å². The zero-order chi connectivity index (χ0) is 17.6. The van der Waals surface area contributed by atoms with Crippen LogP contribution in [0.5, 0.6) is 0 Å². The van der Waals surface area contributed by atoms with E-state index in [2.05, 4.69) is 52.0 Å². The van der Waals surface area contributed by atoms with Gasteiger partial charge >= 0.3 is 156 Å². The Kier molecular flexibility index (Phi) is 5.60. The van der Waals surface area contributed by atoms with E-state index < -0.39 is 0 Å². The van der Waals surface area contributed by atoms with E-state index in [1.54, 1.807) is 0 Å². The molecule has 0 radical (unpaired) electrons. The number of ketones is 1. The van der Waals surface area contributed by atoms with Gasteiger partial charge in [0.1, 0.15) is 0 Å². The molecule has 3 aromatic carbocycles. The van der Waals surface area contributed by atoms with Crippen molar-refractivity contribution in [2.45, 2.75) is 0 Å². The summed E-state index contributed by atoms with van der Waals surface area (Å²) in [6, 6.07) is 28.1. The van der Waals surface area contributed by atoms with Gasteiger partial charge in [-0.2, -0.15) is 0 Å². The Balaban J connectivity index is 1.69. The number of benzene rings is 3. The first kappa shape index (κ1) is 17.3. The molecule has 0 aliphatic rings. The molecule has 0 saturated carbocycles. The monoisotopic (exact) mass is 393 g/mol. The first-order chi connectivity index (χ1) is 12.1. The quantitative estimate of drug-likeness (QED) is 0.470. The van der Waals surface area contributed by atoms with E-state index >= 15 is 0 Å². The molecule has 0 fully saturated rings. The van der Waals surface area contributed by atoms with Crippen molar-refractivity contribution in [1.29, 1.82) is 0 Å². The predicted octanol–water partition coefficient (Wildman–Crippen LogP) is 3.81. The van der Waals surface area contributed by atoms with Gasteiger partial charge in [0.15, 0.2) is 0 Å². The summed E-state index contributed by atoms with van der Waals surface area (Å²) in [5.74, 6) is 0.108. The van der Waals surface area contributed by atoms with Gasteiger partial charge in [-0.15, -0.1) is 0 Å². The van der Waals surface area contributed by atoms with Crippen LogP contribution in [0.15, 0.2) is 84.9 Å². The van der Waals surface area contributed by atoms with Crippen LogP contribution in [0.25, 0.3) is 11.1 Å². The molecule has 25 heavy (non-hydrogen) atoms. The maximum absolute atomic E-state index is 12.4. The van der Waals surface area contributed by atoms with E-state index in [0.29, 0.717) is 6.54 Å². The zero-order valence-electron chi connectivity index (χ0n) is 14.1. The number of rotatable bonds is 6. The summed E-state index contributed by atoms with van der Waals surface area (Å²) < 4.78 is 0.962. The minimum atomic E-state index is 0.108. The van der Waals surface area contributed by atoms with Gasteiger partial charge in [-0.05, 0) is 0 Å². The van der Waals surface area contributed by atoms with E-state index in [0.717, 1.165) is 15.7 Å². The van der Waals surface area contributed by atoms with Gasteiger partial charge in [-0.1, -0.05) is 0 Å². The van der Waals surface area contributed by atoms with Gasteiger partial charge in [0.2, 0.25) is 0 Å². The Hall–Kier alpha value is -2.48. The molecular weight excluding hydrogens is 373 g/mol. The molecule has 0 unspecified atom stereocenters. The first-order valence-corrected chi connectivity index (χ1v) is 9.00. The summed E-state index contributed by atoms with van der Waals surface area (Å²) in [5, 5.41) is 0. The van der Waals surface area contributed by atoms with Crippen LogP contribution in [-0.2, 0) is 0 Å². The third-order valence-electron chi connectivity index (χ3n) is 4.06. The molecule has 0 aromatic heterocycles. The molecule has 0 spiro atoms. The molecule has 0 amide bonds. The molecule has 0 N–H and O–H groups in total. The average molecular weight is 392 g/mol. The van der Waals surface area contributed by atoms with Crippen molar-refractivity contribution in [2.24, 2.45) is 0 Å². The second-order valence-corrected chi connectivity index (χ2v) is 6.71. The van der Waals surface area contributed by atoms with Gasteiger partial charge in [-0.3, -0.25) is 0 Å². The fraction of sp³-hybridized carbons (Fsp3) is 0.0909. The standard InChI is InChI=1S/C22H19NOSe/c1-23(16-21(24)19-10-6-3-7-11-19)22(25)20-14-12-18(13-15-20)17-8-4-2-5-9-17/h2-15H,16H2,1H3. The minimum absolute atomic E-state index is 0.108. The molecule has 0 aliphatic carbocycles. The number of nitrogens with zero attached hydrogens (tertiary/aromatic N) is 1. The molecule has 3 rings (SSSR count). The number of Topliss-reactive ketones (excluding diaryl/α,β-unsaturated/α-hetero) is 1. The summed E-state index contributed by atoms with van der Waals surface area (Å²) in [4.78, 5) is 14.3. The maximum atomic E-state index is 12.4. The molecule has 0 saturated heterocycles. The van der Waals surface area contributed by atoms with Crippen LogP contribution in [0.1, 0.15) is 15.9 Å². The summed E-state index contributed by atoms with van der Waals surface area (Å²) in [6.07, 6.45) is 0. The van der Waals surface area contributed by atoms with Gasteiger partial charge in [-0.25, -0.2) is 0 Å². The van der Waals surface area contributed by atoms with Crippen molar-refractivity contribution < 1.29 is 4.79 Å². The third-order valence-corrected chi connectivity index (χ3v) is 5.21. The second-order valence-electron chi connectivity index (χ2n) is 5.89. The van der Waals surface area contributed by atoms with Crippen LogP contribution in [-0.4, -0.2) is 44.4 Å². The van der Waals surface area contributed by atoms with Crippen molar-refractivity contribution in [3.8, 4) is 11.1 Å². The average Bonchev–Trinajstić information content (AvgIpc) is 2.69. The van der Waals surface area contributed by atoms with Gasteiger partial charge in [0, 0.05) is 0 Å². The summed E-state index contributed by atoms with van der Waals surface area (Å²) >= 11 is 3.10. The van der Waals surface area contributed by atoms with Crippen molar-refractivity contribution in [1.82, 2.24) is 4.90 Å². The fourth-order valence-corrected chi connectivity index (χ4v) is 3.08. The topological polar surface area (TPSA) is 20.3 Å². The Labute approximate surface area is 156 Å². The van der Waals surface area contributed by atoms with Crippen molar-refractivity contribution in [3.05, 3.63) is 96.1 Å². The number of carbonyl (C=O) groups excluding carboxylic acids is 1. The normalized spacial score (nSPS) is 10.3. The van der Waals surface area contributed by atoms with E-state index in [-0.39, 0.29) is 5.78 Å². The molecule has 0 aliphatic heterocycles. The SMILES string of the molecule is CN(CC(=O)c1ccccc1)C(=[Se])c1ccc(-c2ccccc2)cc1. The van der Waals surface area contributed by atoms with E-state index in [9.17, 15) is 4.79 Å². The van der Waals surface area contributed by atoms with Gasteiger partial charge < -0.3 is 0 Å².